The number of allylic oxidation sites excluding steroid dienone is 2. The van der Waals surface area contributed by atoms with Crippen LogP contribution in [0.1, 0.15) is 50.5 Å². The Labute approximate surface area is 107 Å². The lowest BCUT2D eigenvalue weighted by atomic mass is 10.1. The van der Waals surface area contributed by atoms with Crippen molar-refractivity contribution in [2.24, 2.45) is 5.92 Å². The molecule has 0 unspecified atom stereocenters. The molecule has 1 aliphatic rings. The van der Waals surface area contributed by atoms with Gasteiger partial charge in [0.2, 0.25) is 5.91 Å². The lowest BCUT2D eigenvalue weighted by Crippen LogP contribution is -2.24. The summed E-state index contributed by atoms with van der Waals surface area (Å²) in [6.07, 6.45) is 7.03. The first kappa shape index (κ1) is 12.9. The molecule has 0 bridgehead atoms. The summed E-state index contributed by atoms with van der Waals surface area (Å²) in [5.41, 5.74) is 0.929. The van der Waals surface area contributed by atoms with Crippen molar-refractivity contribution in [2.75, 3.05) is 0 Å². The molecule has 1 N–H and O–H groups in total. The first-order valence-electron chi connectivity index (χ1n) is 6.54. The van der Waals surface area contributed by atoms with Gasteiger partial charge in [-0.3, -0.25) is 4.79 Å². The third-order valence-corrected chi connectivity index (χ3v) is 3.19. The second-order valence-electron chi connectivity index (χ2n) is 5.12. The van der Waals surface area contributed by atoms with Gasteiger partial charge in [-0.25, -0.2) is 0 Å². The molecule has 2 rings (SSSR count). The quantitative estimate of drug-likeness (QED) is 0.815. The van der Waals surface area contributed by atoms with Crippen LogP contribution in [0, 0.1) is 5.92 Å². The molecule has 0 saturated heterocycles. The van der Waals surface area contributed by atoms with Crippen LogP contribution >= 0.6 is 0 Å². The highest BCUT2D eigenvalue weighted by atomic mass is 16.5. The lowest BCUT2D eigenvalue weighted by molar-refractivity contribution is -0.121. The molecule has 18 heavy (non-hydrogen) atoms. The van der Waals surface area contributed by atoms with Crippen molar-refractivity contribution in [1.29, 1.82) is 0 Å². The molecule has 98 valence electrons. The van der Waals surface area contributed by atoms with Gasteiger partial charge in [-0.05, 0) is 24.7 Å². The van der Waals surface area contributed by atoms with Crippen LogP contribution in [-0.2, 0) is 11.3 Å². The SMILES string of the molecule is CC(C)c1cc(CNC(=O)C[C@H]2C=CCC2)on1. The highest BCUT2D eigenvalue weighted by Crippen LogP contribution is 2.20. The number of hydrogen-bond acceptors (Lipinski definition) is 3. The fourth-order valence-electron chi connectivity index (χ4n) is 2.05. The van der Waals surface area contributed by atoms with E-state index in [1.807, 2.05) is 6.07 Å². The first-order valence-corrected chi connectivity index (χ1v) is 6.54. The van der Waals surface area contributed by atoms with E-state index >= 15 is 0 Å². The van der Waals surface area contributed by atoms with Crippen LogP contribution in [0.15, 0.2) is 22.7 Å². The maximum absolute atomic E-state index is 11.7. The van der Waals surface area contributed by atoms with Crippen LogP contribution in [0.2, 0.25) is 0 Å². The van der Waals surface area contributed by atoms with Gasteiger partial charge in [0.1, 0.15) is 0 Å². The minimum Gasteiger partial charge on any atom is -0.359 e. The van der Waals surface area contributed by atoms with Crippen LogP contribution in [-0.4, -0.2) is 11.1 Å². The zero-order chi connectivity index (χ0) is 13.0. The van der Waals surface area contributed by atoms with E-state index in [0.717, 1.165) is 18.5 Å². The van der Waals surface area contributed by atoms with Gasteiger partial charge in [-0.1, -0.05) is 31.2 Å². The Morgan fingerprint density at radius 2 is 2.44 bits per heavy atom. The minimum atomic E-state index is 0.0778. The fraction of sp³-hybridized carbons (Fsp3) is 0.571. The van der Waals surface area contributed by atoms with Crippen LogP contribution in [0.5, 0.6) is 0 Å². The molecular formula is C14H20N2O2. The topological polar surface area (TPSA) is 55.1 Å². The predicted molar refractivity (Wildman–Crippen MR) is 68.9 cm³/mol. The summed E-state index contributed by atoms with van der Waals surface area (Å²) in [5.74, 6) is 1.55. The van der Waals surface area contributed by atoms with Crippen molar-refractivity contribution in [3.63, 3.8) is 0 Å². The van der Waals surface area contributed by atoms with E-state index < -0.39 is 0 Å². The highest BCUT2D eigenvalue weighted by Gasteiger charge is 2.14. The summed E-state index contributed by atoms with van der Waals surface area (Å²) in [6.45, 7) is 4.55. The third kappa shape index (κ3) is 3.45. The zero-order valence-corrected chi connectivity index (χ0v) is 11.0. The number of hydrogen-bond donors (Lipinski definition) is 1. The molecule has 1 aliphatic carbocycles. The number of aromatic nitrogens is 1. The van der Waals surface area contributed by atoms with E-state index in [-0.39, 0.29) is 5.91 Å². The maximum Gasteiger partial charge on any atom is 0.220 e. The summed E-state index contributed by atoms with van der Waals surface area (Å²) in [7, 11) is 0. The Balaban J connectivity index is 1.76. The monoisotopic (exact) mass is 248 g/mol. The third-order valence-electron chi connectivity index (χ3n) is 3.19. The molecule has 0 spiro atoms. The molecule has 1 aromatic heterocycles. The van der Waals surface area contributed by atoms with Gasteiger partial charge in [0.15, 0.2) is 5.76 Å². The molecule has 4 nitrogen and oxygen atoms in total. The summed E-state index contributed by atoms with van der Waals surface area (Å²) in [6, 6.07) is 1.90. The van der Waals surface area contributed by atoms with Crippen LogP contribution in [0.25, 0.3) is 0 Å². The second kappa shape index (κ2) is 5.85. The van der Waals surface area contributed by atoms with Crippen molar-refractivity contribution < 1.29 is 9.32 Å². The Morgan fingerprint density at radius 1 is 1.61 bits per heavy atom. The molecule has 0 aliphatic heterocycles. The standard InChI is InChI=1S/C14H20N2O2/c1-10(2)13-8-12(18-16-13)9-15-14(17)7-11-5-3-4-6-11/h3,5,8,10-11H,4,6-7,9H2,1-2H3,(H,15,17)/t11-/m0/s1. The van der Waals surface area contributed by atoms with E-state index in [1.54, 1.807) is 0 Å². The fourth-order valence-corrected chi connectivity index (χ4v) is 2.05. The van der Waals surface area contributed by atoms with E-state index in [9.17, 15) is 4.79 Å². The molecule has 0 aromatic carbocycles. The average molecular weight is 248 g/mol. The van der Waals surface area contributed by atoms with Gasteiger partial charge in [0.05, 0.1) is 12.2 Å². The molecule has 0 saturated carbocycles. The Bertz CT molecular complexity index is 435. The predicted octanol–water partition coefficient (Wildman–Crippen LogP) is 2.77. The Morgan fingerprint density at radius 3 is 3.06 bits per heavy atom. The Kier molecular flexibility index (Phi) is 4.18. The van der Waals surface area contributed by atoms with Gasteiger partial charge in [-0.15, -0.1) is 0 Å². The molecule has 1 aromatic rings. The maximum atomic E-state index is 11.7. The molecule has 1 atom stereocenters. The number of nitrogens with zero attached hydrogens (tertiary/aromatic N) is 1. The number of rotatable bonds is 5. The van der Waals surface area contributed by atoms with Crippen molar-refractivity contribution in [3.8, 4) is 0 Å². The van der Waals surface area contributed by atoms with Crippen LogP contribution in [0.3, 0.4) is 0 Å². The zero-order valence-electron chi connectivity index (χ0n) is 11.0. The van der Waals surface area contributed by atoms with E-state index in [1.165, 1.54) is 0 Å². The largest absolute Gasteiger partial charge is 0.359 e. The van der Waals surface area contributed by atoms with E-state index in [0.29, 0.717) is 30.6 Å². The average Bonchev–Trinajstić information content (AvgIpc) is 2.96. The van der Waals surface area contributed by atoms with Crippen molar-refractivity contribution in [1.82, 2.24) is 10.5 Å². The van der Waals surface area contributed by atoms with Gasteiger partial charge >= 0.3 is 0 Å². The number of carbonyl (C=O) groups excluding carboxylic acids is 1. The molecular weight excluding hydrogens is 228 g/mol. The molecule has 0 fully saturated rings. The number of nitrogens with one attached hydrogen (secondary N) is 1. The van der Waals surface area contributed by atoms with Crippen LogP contribution in [0.4, 0.5) is 0 Å². The summed E-state index contributed by atoms with van der Waals surface area (Å²) < 4.78 is 5.17. The van der Waals surface area contributed by atoms with Crippen LogP contribution < -0.4 is 5.32 Å². The summed E-state index contributed by atoms with van der Waals surface area (Å²) in [4.78, 5) is 11.7. The molecule has 4 heteroatoms. The van der Waals surface area contributed by atoms with Gasteiger partial charge in [0, 0.05) is 12.5 Å². The smallest absolute Gasteiger partial charge is 0.220 e. The minimum absolute atomic E-state index is 0.0778. The molecule has 1 heterocycles. The van der Waals surface area contributed by atoms with Crippen molar-refractivity contribution in [2.45, 2.75) is 45.6 Å². The van der Waals surface area contributed by atoms with Gasteiger partial charge in [0.25, 0.3) is 0 Å². The molecule has 0 radical (unpaired) electrons. The lowest BCUT2D eigenvalue weighted by Gasteiger charge is -2.07. The van der Waals surface area contributed by atoms with E-state index in [4.69, 9.17) is 4.52 Å². The normalized spacial score (nSPS) is 18.5. The number of carbonyl (C=O) groups is 1. The van der Waals surface area contributed by atoms with Crippen molar-refractivity contribution in [3.05, 3.63) is 29.7 Å². The van der Waals surface area contributed by atoms with Gasteiger partial charge in [-0.2, -0.15) is 0 Å². The van der Waals surface area contributed by atoms with E-state index in [2.05, 4.69) is 36.5 Å². The second-order valence-corrected chi connectivity index (χ2v) is 5.12. The van der Waals surface area contributed by atoms with Gasteiger partial charge < -0.3 is 9.84 Å². The summed E-state index contributed by atoms with van der Waals surface area (Å²) >= 11 is 0. The summed E-state index contributed by atoms with van der Waals surface area (Å²) in [5, 5.41) is 6.83. The van der Waals surface area contributed by atoms with Crippen molar-refractivity contribution >= 4 is 5.91 Å². The first-order chi connectivity index (χ1) is 8.65. The number of amides is 1. The highest BCUT2D eigenvalue weighted by molar-refractivity contribution is 5.76. The Hall–Kier alpha value is -1.58. The molecule has 1 amide bonds.